The molecule has 98 valence electrons. The quantitative estimate of drug-likeness (QED) is 0.802. The van der Waals surface area contributed by atoms with Gasteiger partial charge in [0.2, 0.25) is 0 Å². The Morgan fingerprint density at radius 3 is 2.67 bits per heavy atom. The first-order chi connectivity index (χ1) is 8.42. The summed E-state index contributed by atoms with van der Waals surface area (Å²) in [7, 11) is 3.93. The largest absolute Gasteiger partial charge is 0.378 e. The average molecular weight is 248 g/mol. The maximum absolute atomic E-state index is 12.5. The lowest BCUT2D eigenvalue weighted by atomic mass is 10.0. The van der Waals surface area contributed by atoms with Crippen molar-refractivity contribution in [2.45, 2.75) is 19.4 Å². The van der Waals surface area contributed by atoms with Crippen LogP contribution in [0.2, 0.25) is 0 Å². The van der Waals surface area contributed by atoms with Crippen molar-refractivity contribution in [1.29, 1.82) is 0 Å². The topological polar surface area (TPSA) is 32.8 Å². The Hall–Kier alpha value is -1.55. The van der Waals surface area contributed by atoms with Gasteiger partial charge in [-0.3, -0.25) is 4.79 Å². The van der Waals surface area contributed by atoms with E-state index in [0.29, 0.717) is 18.9 Å². The van der Waals surface area contributed by atoms with Crippen LogP contribution in [0.15, 0.2) is 24.3 Å². The Labute approximate surface area is 108 Å². The highest BCUT2D eigenvalue weighted by Gasteiger charge is 2.36. The van der Waals surface area contributed by atoms with Crippen LogP contribution in [0.1, 0.15) is 24.2 Å². The van der Waals surface area contributed by atoms with Crippen molar-refractivity contribution in [3.63, 3.8) is 0 Å². The molecule has 0 N–H and O–H groups in total. The molecule has 1 aliphatic rings. The molecule has 0 atom stereocenters. The Kier molecular flexibility index (Phi) is 3.30. The molecular formula is C14H20N2O2. The van der Waals surface area contributed by atoms with Gasteiger partial charge in [-0.1, -0.05) is 6.07 Å². The van der Waals surface area contributed by atoms with E-state index in [2.05, 4.69) is 0 Å². The number of carbonyl (C=O) groups excluding carboxylic acids is 1. The molecular weight excluding hydrogens is 228 g/mol. The van der Waals surface area contributed by atoms with Gasteiger partial charge in [0, 0.05) is 25.3 Å². The van der Waals surface area contributed by atoms with Crippen molar-refractivity contribution in [3.05, 3.63) is 29.8 Å². The molecule has 4 nitrogen and oxygen atoms in total. The highest BCUT2D eigenvalue weighted by Crippen LogP contribution is 2.25. The number of hydrogen-bond acceptors (Lipinski definition) is 3. The van der Waals surface area contributed by atoms with Gasteiger partial charge in [0.25, 0.3) is 5.91 Å². The van der Waals surface area contributed by atoms with Crippen molar-refractivity contribution in [2.24, 2.45) is 0 Å². The minimum absolute atomic E-state index is 0.0289. The second kappa shape index (κ2) is 4.61. The molecule has 1 heterocycles. The second-order valence-corrected chi connectivity index (χ2v) is 5.47. The van der Waals surface area contributed by atoms with Gasteiger partial charge in [-0.05, 0) is 32.0 Å². The molecule has 0 unspecified atom stereocenters. The van der Waals surface area contributed by atoms with E-state index in [1.54, 1.807) is 4.90 Å². The normalized spacial score (nSPS) is 17.9. The Bertz CT molecular complexity index is 455. The summed E-state index contributed by atoms with van der Waals surface area (Å²) in [6.07, 6.45) is 0. The number of nitrogens with zero attached hydrogens (tertiary/aromatic N) is 2. The van der Waals surface area contributed by atoms with Crippen molar-refractivity contribution in [2.75, 3.05) is 32.3 Å². The van der Waals surface area contributed by atoms with Crippen LogP contribution in [0, 0.1) is 0 Å². The summed E-state index contributed by atoms with van der Waals surface area (Å²) in [5, 5.41) is 0. The van der Waals surface area contributed by atoms with Crippen molar-refractivity contribution < 1.29 is 9.53 Å². The zero-order chi connectivity index (χ0) is 13.3. The number of carbonyl (C=O) groups is 1. The third-order valence-corrected chi connectivity index (χ3v) is 3.26. The summed E-state index contributed by atoms with van der Waals surface area (Å²) >= 11 is 0. The third-order valence-electron chi connectivity index (χ3n) is 3.26. The van der Waals surface area contributed by atoms with E-state index in [0.717, 1.165) is 5.69 Å². The first kappa shape index (κ1) is 12.9. The van der Waals surface area contributed by atoms with E-state index in [4.69, 9.17) is 4.74 Å². The third kappa shape index (κ3) is 2.34. The fraction of sp³-hybridized carbons (Fsp3) is 0.500. The second-order valence-electron chi connectivity index (χ2n) is 5.47. The van der Waals surface area contributed by atoms with E-state index in [1.165, 1.54) is 0 Å². The molecule has 0 aliphatic carbocycles. The van der Waals surface area contributed by atoms with E-state index in [-0.39, 0.29) is 11.4 Å². The average Bonchev–Trinajstić information content (AvgIpc) is 2.68. The molecule has 1 aliphatic heterocycles. The van der Waals surface area contributed by atoms with Crippen LogP contribution in [0.5, 0.6) is 0 Å². The van der Waals surface area contributed by atoms with Crippen LogP contribution in [0.4, 0.5) is 5.69 Å². The number of benzene rings is 1. The fourth-order valence-corrected chi connectivity index (χ4v) is 2.05. The van der Waals surface area contributed by atoms with Gasteiger partial charge in [-0.25, -0.2) is 0 Å². The molecule has 0 radical (unpaired) electrons. The summed E-state index contributed by atoms with van der Waals surface area (Å²) in [5.74, 6) is 0.0289. The minimum atomic E-state index is -0.231. The number of anilines is 1. The molecule has 0 spiro atoms. The highest BCUT2D eigenvalue weighted by molar-refractivity contribution is 5.95. The van der Waals surface area contributed by atoms with Crippen LogP contribution < -0.4 is 4.90 Å². The molecule has 1 amide bonds. The van der Waals surface area contributed by atoms with Crippen molar-refractivity contribution >= 4 is 11.6 Å². The van der Waals surface area contributed by atoms with Gasteiger partial charge in [0.05, 0.1) is 12.1 Å². The van der Waals surface area contributed by atoms with E-state index >= 15 is 0 Å². The molecule has 18 heavy (non-hydrogen) atoms. The van der Waals surface area contributed by atoms with Gasteiger partial charge < -0.3 is 14.5 Å². The van der Waals surface area contributed by atoms with Crippen LogP contribution in [0.25, 0.3) is 0 Å². The lowest BCUT2D eigenvalue weighted by Crippen LogP contribution is -2.44. The predicted octanol–water partition coefficient (Wildman–Crippen LogP) is 1.96. The summed E-state index contributed by atoms with van der Waals surface area (Å²) in [6, 6.07) is 7.66. The standard InChI is InChI=1S/C14H20N2O2/c1-14(2)9-18-10-16(14)13(17)11-6-5-7-12(8-11)15(3)4/h5-8H,9-10H2,1-4H3. The van der Waals surface area contributed by atoms with E-state index in [1.807, 2.05) is 57.1 Å². The Morgan fingerprint density at radius 2 is 2.11 bits per heavy atom. The summed E-state index contributed by atoms with van der Waals surface area (Å²) < 4.78 is 5.39. The Morgan fingerprint density at radius 1 is 1.39 bits per heavy atom. The first-order valence-electron chi connectivity index (χ1n) is 6.09. The molecule has 0 bridgehead atoms. The van der Waals surface area contributed by atoms with Crippen LogP contribution in [-0.4, -0.2) is 43.8 Å². The smallest absolute Gasteiger partial charge is 0.256 e. The molecule has 4 heteroatoms. The molecule has 2 rings (SSSR count). The maximum atomic E-state index is 12.5. The van der Waals surface area contributed by atoms with Crippen LogP contribution >= 0.6 is 0 Å². The maximum Gasteiger partial charge on any atom is 0.256 e. The van der Waals surface area contributed by atoms with Crippen molar-refractivity contribution in [3.8, 4) is 0 Å². The van der Waals surface area contributed by atoms with Crippen LogP contribution in [-0.2, 0) is 4.74 Å². The number of hydrogen-bond donors (Lipinski definition) is 0. The zero-order valence-electron chi connectivity index (χ0n) is 11.4. The molecule has 1 aromatic carbocycles. The van der Waals surface area contributed by atoms with Gasteiger partial charge in [-0.2, -0.15) is 0 Å². The Balaban J connectivity index is 2.26. The predicted molar refractivity (Wildman–Crippen MR) is 71.8 cm³/mol. The van der Waals surface area contributed by atoms with Gasteiger partial charge in [-0.15, -0.1) is 0 Å². The van der Waals surface area contributed by atoms with Gasteiger partial charge >= 0.3 is 0 Å². The van der Waals surface area contributed by atoms with Gasteiger partial charge in [0.15, 0.2) is 0 Å². The zero-order valence-corrected chi connectivity index (χ0v) is 11.4. The summed E-state index contributed by atoms with van der Waals surface area (Å²) in [4.78, 5) is 16.2. The van der Waals surface area contributed by atoms with E-state index < -0.39 is 0 Å². The van der Waals surface area contributed by atoms with E-state index in [9.17, 15) is 4.79 Å². The van der Waals surface area contributed by atoms with Crippen molar-refractivity contribution in [1.82, 2.24) is 4.90 Å². The molecule has 1 aromatic rings. The molecule has 1 fully saturated rings. The number of rotatable bonds is 2. The SMILES string of the molecule is CN(C)c1cccc(C(=O)N2COCC2(C)C)c1. The monoisotopic (exact) mass is 248 g/mol. The molecule has 0 aromatic heterocycles. The summed E-state index contributed by atoms with van der Waals surface area (Å²) in [5.41, 5.74) is 1.50. The molecule has 1 saturated heterocycles. The lowest BCUT2D eigenvalue weighted by Gasteiger charge is -2.29. The highest BCUT2D eigenvalue weighted by atomic mass is 16.5. The first-order valence-corrected chi connectivity index (χ1v) is 6.09. The number of amides is 1. The molecule has 0 saturated carbocycles. The minimum Gasteiger partial charge on any atom is -0.378 e. The van der Waals surface area contributed by atoms with Crippen LogP contribution in [0.3, 0.4) is 0 Å². The summed E-state index contributed by atoms with van der Waals surface area (Å²) in [6.45, 7) is 5.01. The van der Waals surface area contributed by atoms with Gasteiger partial charge in [0.1, 0.15) is 6.73 Å². The number of ether oxygens (including phenoxy) is 1. The fourth-order valence-electron chi connectivity index (χ4n) is 2.05. The lowest BCUT2D eigenvalue weighted by molar-refractivity contribution is 0.0605.